The second kappa shape index (κ2) is 6.47. The first-order valence-corrected chi connectivity index (χ1v) is 11.2. The van der Waals surface area contributed by atoms with E-state index in [2.05, 4.69) is 35.0 Å². The van der Waals surface area contributed by atoms with E-state index >= 15 is 0 Å². The highest BCUT2D eigenvalue weighted by molar-refractivity contribution is 5.51. The van der Waals surface area contributed by atoms with Gasteiger partial charge in [0.15, 0.2) is 0 Å². The molecule has 1 amide bonds. The quantitative estimate of drug-likeness (QED) is 0.712. The SMILES string of the molecule is O=CN1CCCCC1c1nn(-c2ccccc2)c2c1C1CC3CC(C1)CC2C3. The molecule has 4 heteroatoms. The minimum Gasteiger partial charge on any atom is -0.337 e. The molecule has 2 heterocycles. The van der Waals surface area contributed by atoms with Crippen LogP contribution in [0, 0.1) is 11.8 Å². The smallest absolute Gasteiger partial charge is 0.210 e. The van der Waals surface area contributed by atoms with Gasteiger partial charge < -0.3 is 4.90 Å². The molecule has 146 valence electrons. The van der Waals surface area contributed by atoms with Crippen LogP contribution in [0.2, 0.25) is 0 Å². The van der Waals surface area contributed by atoms with Crippen LogP contribution < -0.4 is 0 Å². The number of benzene rings is 1. The van der Waals surface area contributed by atoms with Gasteiger partial charge in [0.25, 0.3) is 0 Å². The molecule has 1 saturated heterocycles. The fourth-order valence-electron chi connectivity index (χ4n) is 6.97. The van der Waals surface area contributed by atoms with Gasteiger partial charge in [-0.2, -0.15) is 5.10 Å². The van der Waals surface area contributed by atoms with Crippen molar-refractivity contribution in [3.63, 3.8) is 0 Å². The van der Waals surface area contributed by atoms with Crippen LogP contribution in [0.5, 0.6) is 0 Å². The molecule has 1 aliphatic heterocycles. The van der Waals surface area contributed by atoms with Gasteiger partial charge in [-0.15, -0.1) is 0 Å². The van der Waals surface area contributed by atoms with E-state index < -0.39 is 0 Å². The van der Waals surface area contributed by atoms with Gasteiger partial charge >= 0.3 is 0 Å². The summed E-state index contributed by atoms with van der Waals surface area (Å²) in [4.78, 5) is 13.9. The lowest BCUT2D eigenvalue weighted by molar-refractivity contribution is -0.121. The molecule has 4 bridgehead atoms. The topological polar surface area (TPSA) is 38.1 Å². The standard InChI is InChI=1S/C24H29N3O/c28-15-26-9-5-4-8-21(26)23-22-18-11-16-10-17(12-18)14-19(13-16)24(22)27(25-23)20-6-2-1-3-7-20/h1-3,6-7,15-19,21H,4-5,8-14H2. The summed E-state index contributed by atoms with van der Waals surface area (Å²) in [6.45, 7) is 0.875. The molecule has 4 nitrogen and oxygen atoms in total. The zero-order chi connectivity index (χ0) is 18.7. The third kappa shape index (κ3) is 2.49. The average Bonchev–Trinajstić information content (AvgIpc) is 3.05. The number of aromatic nitrogens is 2. The molecule has 4 aliphatic carbocycles. The van der Waals surface area contributed by atoms with Gasteiger partial charge in [-0.1, -0.05) is 18.2 Å². The predicted octanol–water partition coefficient (Wildman–Crippen LogP) is 4.95. The van der Waals surface area contributed by atoms with Crippen LogP contribution in [0.3, 0.4) is 0 Å². The molecule has 3 atom stereocenters. The lowest BCUT2D eigenvalue weighted by atomic mass is 9.67. The second-order valence-electron chi connectivity index (χ2n) is 9.59. The van der Waals surface area contributed by atoms with E-state index in [9.17, 15) is 4.79 Å². The number of piperidine rings is 1. The number of hydrogen-bond acceptors (Lipinski definition) is 2. The van der Waals surface area contributed by atoms with Gasteiger partial charge in [0, 0.05) is 18.0 Å². The Kier molecular flexibility index (Phi) is 3.88. The summed E-state index contributed by atoms with van der Waals surface area (Å²) in [7, 11) is 0. The normalized spacial score (nSPS) is 33.6. The van der Waals surface area contributed by atoms with Crippen LogP contribution in [0.15, 0.2) is 30.3 Å². The first kappa shape index (κ1) is 16.8. The molecule has 28 heavy (non-hydrogen) atoms. The molecular formula is C24H29N3O. The molecule has 0 N–H and O–H groups in total. The summed E-state index contributed by atoms with van der Waals surface area (Å²) in [6, 6.07) is 10.8. The number of nitrogens with zero attached hydrogens (tertiary/aromatic N) is 3. The van der Waals surface area contributed by atoms with Crippen LogP contribution in [0.4, 0.5) is 0 Å². The molecule has 1 aromatic heterocycles. The molecule has 3 fully saturated rings. The highest BCUT2D eigenvalue weighted by atomic mass is 16.1. The van der Waals surface area contributed by atoms with E-state index in [0.717, 1.165) is 37.6 Å². The highest BCUT2D eigenvalue weighted by Gasteiger charge is 2.46. The Bertz CT molecular complexity index is 875. The molecule has 0 radical (unpaired) electrons. The van der Waals surface area contributed by atoms with Gasteiger partial charge in [0.2, 0.25) is 6.41 Å². The highest BCUT2D eigenvalue weighted by Crippen LogP contribution is 2.58. The Morgan fingerprint density at radius 3 is 2.43 bits per heavy atom. The molecular weight excluding hydrogens is 346 g/mol. The molecule has 5 aliphatic rings. The van der Waals surface area contributed by atoms with E-state index in [0.29, 0.717) is 11.8 Å². The van der Waals surface area contributed by atoms with Crippen molar-refractivity contribution >= 4 is 6.41 Å². The van der Waals surface area contributed by atoms with Crippen molar-refractivity contribution in [3.8, 4) is 5.69 Å². The molecule has 2 aromatic rings. The van der Waals surface area contributed by atoms with Crippen LogP contribution in [-0.4, -0.2) is 27.6 Å². The van der Waals surface area contributed by atoms with Gasteiger partial charge in [0.1, 0.15) is 0 Å². The fraction of sp³-hybridized carbons (Fsp3) is 0.583. The number of amides is 1. The van der Waals surface area contributed by atoms with Gasteiger partial charge in [0.05, 0.1) is 23.1 Å². The van der Waals surface area contributed by atoms with E-state index in [1.165, 1.54) is 61.2 Å². The van der Waals surface area contributed by atoms with Crippen molar-refractivity contribution in [3.05, 3.63) is 47.3 Å². The fourth-order valence-corrected chi connectivity index (χ4v) is 6.97. The summed E-state index contributed by atoms with van der Waals surface area (Å²) < 4.78 is 2.27. The number of carbonyl (C=O) groups excluding carboxylic acids is 1. The summed E-state index contributed by atoms with van der Waals surface area (Å²) in [6.07, 6.45) is 11.2. The molecule has 0 spiro atoms. The molecule has 1 aromatic carbocycles. The molecule has 7 rings (SSSR count). The van der Waals surface area contributed by atoms with Crippen LogP contribution in [0.25, 0.3) is 5.69 Å². The molecule has 2 saturated carbocycles. The van der Waals surface area contributed by atoms with E-state index in [4.69, 9.17) is 5.10 Å². The Morgan fingerprint density at radius 1 is 0.929 bits per heavy atom. The second-order valence-corrected chi connectivity index (χ2v) is 9.59. The Hall–Kier alpha value is -2.10. The van der Waals surface area contributed by atoms with Crippen molar-refractivity contribution in [2.45, 2.75) is 69.2 Å². The lowest BCUT2D eigenvalue weighted by Gasteiger charge is -2.39. The third-order valence-corrected chi connectivity index (χ3v) is 7.92. The number of rotatable bonds is 3. The van der Waals surface area contributed by atoms with Gasteiger partial charge in [-0.3, -0.25) is 4.79 Å². The maximum Gasteiger partial charge on any atom is 0.210 e. The average molecular weight is 376 g/mol. The zero-order valence-electron chi connectivity index (χ0n) is 16.5. The summed E-state index contributed by atoms with van der Waals surface area (Å²) in [5.41, 5.74) is 5.44. The van der Waals surface area contributed by atoms with Crippen molar-refractivity contribution in [2.24, 2.45) is 11.8 Å². The van der Waals surface area contributed by atoms with Crippen molar-refractivity contribution in [1.82, 2.24) is 14.7 Å². The first-order chi connectivity index (χ1) is 13.8. The lowest BCUT2D eigenvalue weighted by Crippen LogP contribution is -2.33. The van der Waals surface area contributed by atoms with E-state index in [-0.39, 0.29) is 6.04 Å². The third-order valence-electron chi connectivity index (χ3n) is 7.92. The monoisotopic (exact) mass is 375 g/mol. The van der Waals surface area contributed by atoms with Gasteiger partial charge in [-0.25, -0.2) is 4.68 Å². The largest absolute Gasteiger partial charge is 0.337 e. The van der Waals surface area contributed by atoms with Crippen LogP contribution >= 0.6 is 0 Å². The van der Waals surface area contributed by atoms with Crippen LogP contribution in [0.1, 0.15) is 86.2 Å². The number of carbonyl (C=O) groups is 1. The summed E-state index contributed by atoms with van der Waals surface area (Å²) in [5.74, 6) is 3.07. The maximum absolute atomic E-state index is 11.8. The Labute approximate surface area is 166 Å². The van der Waals surface area contributed by atoms with E-state index in [1.807, 2.05) is 4.90 Å². The summed E-state index contributed by atoms with van der Waals surface area (Å²) in [5, 5.41) is 5.26. The van der Waals surface area contributed by atoms with Crippen LogP contribution in [-0.2, 0) is 4.79 Å². The minimum atomic E-state index is 0.167. The number of para-hydroxylation sites is 1. The minimum absolute atomic E-state index is 0.167. The van der Waals surface area contributed by atoms with Crippen molar-refractivity contribution in [2.75, 3.05) is 6.54 Å². The Morgan fingerprint density at radius 2 is 1.68 bits per heavy atom. The summed E-state index contributed by atoms with van der Waals surface area (Å²) >= 11 is 0. The Balaban J connectivity index is 1.56. The first-order valence-electron chi connectivity index (χ1n) is 11.2. The zero-order valence-corrected chi connectivity index (χ0v) is 16.5. The predicted molar refractivity (Wildman–Crippen MR) is 108 cm³/mol. The number of likely N-dealkylation sites (tertiary alicyclic amines) is 1. The number of hydrogen-bond donors (Lipinski definition) is 0. The van der Waals surface area contributed by atoms with Crippen molar-refractivity contribution < 1.29 is 4.79 Å². The van der Waals surface area contributed by atoms with E-state index in [1.54, 1.807) is 0 Å². The molecule has 3 unspecified atom stereocenters. The van der Waals surface area contributed by atoms with Crippen molar-refractivity contribution in [1.29, 1.82) is 0 Å². The maximum atomic E-state index is 11.8. The van der Waals surface area contributed by atoms with Gasteiger partial charge in [-0.05, 0) is 81.3 Å².